The van der Waals surface area contributed by atoms with Crippen molar-refractivity contribution in [3.8, 4) is 6.07 Å². The lowest BCUT2D eigenvalue weighted by molar-refractivity contribution is -0.150. The maximum atomic E-state index is 12.1. The highest BCUT2D eigenvalue weighted by molar-refractivity contribution is 8.01. The number of nitrogens with zero attached hydrogens (tertiary/aromatic N) is 2. The van der Waals surface area contributed by atoms with Gasteiger partial charge in [0.2, 0.25) is 5.91 Å². The molecule has 2 atom stereocenters. The Morgan fingerprint density at radius 1 is 1.21 bits per heavy atom. The quantitative estimate of drug-likeness (QED) is 0.627. The molecule has 0 aliphatic carbocycles. The highest BCUT2D eigenvalue weighted by Gasteiger charge is 2.21. The average molecular weight is 416 g/mol. The van der Waals surface area contributed by atoms with Crippen LogP contribution in [-0.4, -0.2) is 40.0 Å². The number of carbonyl (C=O) groups excluding carboxylic acids is 3. The van der Waals surface area contributed by atoms with Crippen LogP contribution in [0, 0.1) is 18.3 Å². The number of hydrogen-bond donors (Lipinski definition) is 2. The second kappa shape index (κ2) is 10.3. The van der Waals surface area contributed by atoms with E-state index in [-0.39, 0.29) is 11.7 Å². The fourth-order valence-corrected chi connectivity index (χ4v) is 2.74. The number of anilines is 2. The van der Waals surface area contributed by atoms with E-state index in [0.717, 1.165) is 11.8 Å². The van der Waals surface area contributed by atoms with Gasteiger partial charge in [-0.05, 0) is 45.0 Å². The number of rotatable bonds is 8. The number of carbonyl (C=O) groups is 3. The molecular weight excluding hydrogens is 396 g/mol. The van der Waals surface area contributed by atoms with E-state index in [1.54, 1.807) is 44.2 Å². The Hall–Kier alpha value is -3.32. The Labute approximate surface area is 171 Å². The third kappa shape index (κ3) is 6.97. The number of esters is 1. The first-order valence-corrected chi connectivity index (χ1v) is 9.69. The van der Waals surface area contributed by atoms with Crippen molar-refractivity contribution in [2.24, 2.45) is 0 Å². The third-order valence-corrected chi connectivity index (χ3v) is 4.78. The fraction of sp³-hybridized carbons (Fsp3) is 0.316. The van der Waals surface area contributed by atoms with Crippen molar-refractivity contribution in [2.45, 2.75) is 32.1 Å². The van der Waals surface area contributed by atoms with Gasteiger partial charge in [-0.3, -0.25) is 14.4 Å². The standard InChI is InChI=1S/C19H20N4O5S/c1-11-8-16(23-28-11)22-19(26)13(3)29-10-17(24)27-12(2)18(25)21-15-6-4-14(9-20)5-7-15/h4-8,12-13H,10H2,1-3H3,(H,21,25)(H,22,23,26)/t12-,13+/m0/s1. The molecule has 1 aromatic heterocycles. The molecule has 152 valence electrons. The molecule has 0 fully saturated rings. The molecule has 0 bridgehead atoms. The molecule has 0 unspecified atom stereocenters. The van der Waals surface area contributed by atoms with Gasteiger partial charge in [-0.25, -0.2) is 0 Å². The Morgan fingerprint density at radius 2 is 1.90 bits per heavy atom. The van der Waals surface area contributed by atoms with Gasteiger partial charge in [-0.15, -0.1) is 11.8 Å². The molecule has 0 radical (unpaired) electrons. The van der Waals surface area contributed by atoms with Gasteiger partial charge < -0.3 is 19.9 Å². The predicted octanol–water partition coefficient (Wildman–Crippen LogP) is 2.49. The van der Waals surface area contributed by atoms with Crippen molar-refractivity contribution in [1.82, 2.24) is 5.16 Å². The summed E-state index contributed by atoms with van der Waals surface area (Å²) in [6.45, 7) is 4.79. The molecule has 2 aromatic rings. The summed E-state index contributed by atoms with van der Waals surface area (Å²) in [5.41, 5.74) is 0.955. The molecule has 0 aliphatic rings. The van der Waals surface area contributed by atoms with Crippen molar-refractivity contribution in [3.63, 3.8) is 0 Å². The van der Waals surface area contributed by atoms with Crippen LogP contribution in [0.5, 0.6) is 0 Å². The molecule has 0 aliphatic heterocycles. The summed E-state index contributed by atoms with van der Waals surface area (Å²) in [5.74, 6) is -0.675. The number of aryl methyl sites for hydroxylation is 1. The molecule has 29 heavy (non-hydrogen) atoms. The van der Waals surface area contributed by atoms with Gasteiger partial charge in [0, 0.05) is 11.8 Å². The molecule has 9 nitrogen and oxygen atoms in total. The Morgan fingerprint density at radius 3 is 2.48 bits per heavy atom. The minimum absolute atomic E-state index is 0.0963. The van der Waals surface area contributed by atoms with Crippen molar-refractivity contribution < 1.29 is 23.6 Å². The first kappa shape index (κ1) is 22.0. The number of nitrogens with one attached hydrogen (secondary N) is 2. The minimum atomic E-state index is -1.01. The van der Waals surface area contributed by atoms with Crippen molar-refractivity contribution >= 4 is 41.1 Å². The van der Waals surface area contributed by atoms with Crippen LogP contribution >= 0.6 is 11.8 Å². The molecule has 1 aromatic carbocycles. The number of ether oxygens (including phenoxy) is 1. The maximum absolute atomic E-state index is 12.1. The monoisotopic (exact) mass is 416 g/mol. The first-order valence-electron chi connectivity index (χ1n) is 8.64. The third-order valence-electron chi connectivity index (χ3n) is 3.66. The largest absolute Gasteiger partial charge is 0.452 e. The first-order chi connectivity index (χ1) is 13.8. The SMILES string of the molecule is Cc1cc(NC(=O)[C@@H](C)SCC(=O)O[C@@H](C)C(=O)Nc2ccc(C#N)cc2)no1. The van der Waals surface area contributed by atoms with E-state index in [1.165, 1.54) is 6.92 Å². The number of thioether (sulfide) groups is 1. The fourth-order valence-electron chi connectivity index (χ4n) is 2.08. The van der Waals surface area contributed by atoms with Gasteiger partial charge in [0.1, 0.15) is 5.76 Å². The molecular formula is C19H20N4O5S. The Kier molecular flexibility index (Phi) is 7.79. The molecule has 0 saturated carbocycles. The highest BCUT2D eigenvalue weighted by Crippen LogP contribution is 2.15. The predicted molar refractivity (Wildman–Crippen MR) is 107 cm³/mol. The van der Waals surface area contributed by atoms with E-state index < -0.39 is 23.2 Å². The summed E-state index contributed by atoms with van der Waals surface area (Å²) in [5, 5.41) is 17.1. The lowest BCUT2D eigenvalue weighted by Crippen LogP contribution is -2.31. The normalized spacial score (nSPS) is 12.3. The Bertz CT molecular complexity index is 919. The van der Waals surface area contributed by atoms with E-state index in [0.29, 0.717) is 22.8 Å². The van der Waals surface area contributed by atoms with Crippen LogP contribution < -0.4 is 10.6 Å². The number of amides is 2. The second-order valence-electron chi connectivity index (χ2n) is 6.08. The van der Waals surface area contributed by atoms with E-state index in [9.17, 15) is 14.4 Å². The molecule has 2 rings (SSSR count). The second-order valence-corrected chi connectivity index (χ2v) is 7.40. The van der Waals surface area contributed by atoms with Crippen molar-refractivity contribution in [1.29, 1.82) is 5.26 Å². The zero-order valence-corrected chi connectivity index (χ0v) is 16.9. The molecule has 1 heterocycles. The van der Waals surface area contributed by atoms with E-state index >= 15 is 0 Å². The molecule has 10 heteroatoms. The number of hydrogen-bond acceptors (Lipinski definition) is 8. The summed E-state index contributed by atoms with van der Waals surface area (Å²) in [6, 6.07) is 9.85. The zero-order valence-electron chi connectivity index (χ0n) is 16.1. The van der Waals surface area contributed by atoms with Crippen LogP contribution in [0.4, 0.5) is 11.5 Å². The average Bonchev–Trinajstić information content (AvgIpc) is 3.11. The van der Waals surface area contributed by atoms with Gasteiger partial charge >= 0.3 is 5.97 Å². The molecule has 0 spiro atoms. The van der Waals surface area contributed by atoms with Crippen molar-refractivity contribution in [3.05, 3.63) is 41.7 Å². The topological polar surface area (TPSA) is 134 Å². The smallest absolute Gasteiger partial charge is 0.316 e. The summed E-state index contributed by atoms with van der Waals surface area (Å²) in [4.78, 5) is 36.1. The number of benzene rings is 1. The summed E-state index contributed by atoms with van der Waals surface area (Å²) < 4.78 is 9.96. The van der Waals surface area contributed by atoms with Crippen LogP contribution in [0.2, 0.25) is 0 Å². The number of aromatic nitrogens is 1. The molecule has 2 amide bonds. The lowest BCUT2D eigenvalue weighted by Gasteiger charge is -2.14. The van der Waals surface area contributed by atoms with Crippen LogP contribution in [0.3, 0.4) is 0 Å². The van der Waals surface area contributed by atoms with Gasteiger partial charge in [0.25, 0.3) is 5.91 Å². The lowest BCUT2D eigenvalue weighted by atomic mass is 10.2. The maximum Gasteiger partial charge on any atom is 0.316 e. The Balaban J connectivity index is 1.74. The molecule has 0 saturated heterocycles. The summed E-state index contributed by atoms with van der Waals surface area (Å²) >= 11 is 1.07. The molecule has 2 N–H and O–H groups in total. The van der Waals surface area contributed by atoms with E-state index in [2.05, 4.69) is 15.8 Å². The van der Waals surface area contributed by atoms with Crippen LogP contribution in [-0.2, 0) is 19.1 Å². The van der Waals surface area contributed by atoms with Crippen molar-refractivity contribution in [2.75, 3.05) is 16.4 Å². The van der Waals surface area contributed by atoms with Gasteiger partial charge in [0.05, 0.1) is 22.6 Å². The van der Waals surface area contributed by atoms with Crippen LogP contribution in [0.15, 0.2) is 34.9 Å². The van der Waals surface area contributed by atoms with Crippen LogP contribution in [0.1, 0.15) is 25.2 Å². The van der Waals surface area contributed by atoms with E-state index in [1.807, 2.05) is 6.07 Å². The highest BCUT2D eigenvalue weighted by atomic mass is 32.2. The van der Waals surface area contributed by atoms with Gasteiger partial charge in [0.15, 0.2) is 11.9 Å². The zero-order chi connectivity index (χ0) is 21.4. The van der Waals surface area contributed by atoms with E-state index in [4.69, 9.17) is 14.5 Å². The summed E-state index contributed by atoms with van der Waals surface area (Å²) in [7, 11) is 0. The van der Waals surface area contributed by atoms with Gasteiger partial charge in [-0.2, -0.15) is 5.26 Å². The van der Waals surface area contributed by atoms with Crippen LogP contribution in [0.25, 0.3) is 0 Å². The van der Waals surface area contributed by atoms with Gasteiger partial charge in [-0.1, -0.05) is 5.16 Å². The minimum Gasteiger partial charge on any atom is -0.452 e. The summed E-state index contributed by atoms with van der Waals surface area (Å²) in [6.07, 6.45) is -1.01. The number of nitriles is 1.